The predicted molar refractivity (Wildman–Crippen MR) is 76.8 cm³/mol. The second-order valence-corrected chi connectivity index (χ2v) is 5.84. The molecular formula is C16H26N2. The van der Waals surface area contributed by atoms with Crippen molar-refractivity contribution < 1.29 is 0 Å². The van der Waals surface area contributed by atoms with Crippen molar-refractivity contribution in [1.29, 1.82) is 0 Å². The lowest BCUT2D eigenvalue weighted by molar-refractivity contribution is 0.288. The largest absolute Gasteiger partial charge is 0.310 e. The minimum absolute atomic E-state index is 0.415. The Morgan fingerprint density at radius 3 is 2.61 bits per heavy atom. The number of nitrogens with one attached hydrogen (secondary N) is 1. The van der Waals surface area contributed by atoms with Gasteiger partial charge in [-0.1, -0.05) is 19.3 Å². The first-order valence-electron chi connectivity index (χ1n) is 7.26. The molecule has 0 saturated heterocycles. The Hall–Kier alpha value is -0.890. The summed E-state index contributed by atoms with van der Waals surface area (Å²) in [6.45, 7) is 9.78. The topological polar surface area (TPSA) is 24.9 Å². The standard InChI is InChI=1S/C16H26N2/c1-11-10-12(2)18-14(4)16(11)13(3)17-9-8-15-6-5-7-15/h10,13,15,17H,5-9H2,1-4H3. The second kappa shape index (κ2) is 5.83. The maximum atomic E-state index is 4.59. The van der Waals surface area contributed by atoms with Crippen molar-refractivity contribution in [3.8, 4) is 0 Å². The molecule has 0 amide bonds. The fourth-order valence-electron chi connectivity index (χ4n) is 3.08. The van der Waals surface area contributed by atoms with Crippen molar-refractivity contribution in [3.05, 3.63) is 28.6 Å². The van der Waals surface area contributed by atoms with E-state index in [1.54, 1.807) is 0 Å². The summed E-state index contributed by atoms with van der Waals surface area (Å²) in [5.41, 5.74) is 5.05. The highest BCUT2D eigenvalue weighted by Gasteiger charge is 2.18. The van der Waals surface area contributed by atoms with Crippen molar-refractivity contribution in [2.45, 2.75) is 59.4 Å². The summed E-state index contributed by atoms with van der Waals surface area (Å²) < 4.78 is 0. The van der Waals surface area contributed by atoms with Gasteiger partial charge in [0.05, 0.1) is 0 Å². The Morgan fingerprint density at radius 2 is 2.06 bits per heavy atom. The lowest BCUT2D eigenvalue weighted by Crippen LogP contribution is -2.25. The molecule has 1 heterocycles. The SMILES string of the molecule is Cc1cc(C)c(C(C)NCCC2CCC2)c(C)n1. The summed E-state index contributed by atoms with van der Waals surface area (Å²) in [7, 11) is 0. The summed E-state index contributed by atoms with van der Waals surface area (Å²) >= 11 is 0. The van der Waals surface area contributed by atoms with Crippen LogP contribution in [0.5, 0.6) is 0 Å². The van der Waals surface area contributed by atoms with Crippen molar-refractivity contribution in [2.24, 2.45) is 5.92 Å². The van der Waals surface area contributed by atoms with E-state index >= 15 is 0 Å². The molecule has 1 aromatic heterocycles. The molecule has 2 heteroatoms. The van der Waals surface area contributed by atoms with Crippen molar-refractivity contribution in [1.82, 2.24) is 10.3 Å². The van der Waals surface area contributed by atoms with Gasteiger partial charge in [0, 0.05) is 17.4 Å². The third-order valence-electron chi connectivity index (χ3n) is 4.24. The zero-order chi connectivity index (χ0) is 13.1. The summed E-state index contributed by atoms with van der Waals surface area (Å²) in [4.78, 5) is 4.59. The number of pyridine rings is 1. The molecule has 1 unspecified atom stereocenters. The van der Waals surface area contributed by atoms with Crippen LogP contribution in [0.4, 0.5) is 0 Å². The van der Waals surface area contributed by atoms with Crippen LogP contribution in [0.25, 0.3) is 0 Å². The number of aryl methyl sites for hydroxylation is 3. The molecule has 1 aliphatic rings. The highest BCUT2D eigenvalue weighted by atomic mass is 14.9. The van der Waals surface area contributed by atoms with Gasteiger partial charge in [-0.2, -0.15) is 0 Å². The number of aromatic nitrogens is 1. The molecule has 0 aliphatic heterocycles. The normalized spacial score (nSPS) is 17.6. The quantitative estimate of drug-likeness (QED) is 0.853. The molecule has 1 fully saturated rings. The molecule has 1 saturated carbocycles. The molecule has 0 bridgehead atoms. The van der Waals surface area contributed by atoms with E-state index in [1.165, 1.54) is 42.5 Å². The van der Waals surface area contributed by atoms with E-state index in [0.717, 1.165) is 18.2 Å². The van der Waals surface area contributed by atoms with Crippen LogP contribution in [-0.2, 0) is 0 Å². The third-order valence-corrected chi connectivity index (χ3v) is 4.24. The maximum Gasteiger partial charge on any atom is 0.0426 e. The number of hydrogen-bond acceptors (Lipinski definition) is 2. The van der Waals surface area contributed by atoms with Gasteiger partial charge >= 0.3 is 0 Å². The molecule has 0 aromatic carbocycles. The minimum Gasteiger partial charge on any atom is -0.310 e. The Bertz CT molecular complexity index is 385. The number of rotatable bonds is 5. The molecule has 1 aromatic rings. The molecule has 2 rings (SSSR count). The van der Waals surface area contributed by atoms with Gasteiger partial charge < -0.3 is 5.32 Å². The van der Waals surface area contributed by atoms with Gasteiger partial charge in [-0.25, -0.2) is 0 Å². The van der Waals surface area contributed by atoms with E-state index in [2.05, 4.69) is 44.1 Å². The van der Waals surface area contributed by atoms with E-state index in [0.29, 0.717) is 6.04 Å². The molecule has 2 nitrogen and oxygen atoms in total. The van der Waals surface area contributed by atoms with Crippen LogP contribution >= 0.6 is 0 Å². The van der Waals surface area contributed by atoms with Crippen LogP contribution < -0.4 is 5.32 Å². The van der Waals surface area contributed by atoms with Crippen LogP contribution in [0.3, 0.4) is 0 Å². The third kappa shape index (κ3) is 3.11. The fourth-order valence-corrected chi connectivity index (χ4v) is 3.08. The molecule has 18 heavy (non-hydrogen) atoms. The zero-order valence-corrected chi connectivity index (χ0v) is 12.2. The first-order valence-corrected chi connectivity index (χ1v) is 7.26. The van der Waals surface area contributed by atoms with Gasteiger partial charge in [0.1, 0.15) is 0 Å². The van der Waals surface area contributed by atoms with Gasteiger partial charge in [-0.05, 0) is 63.8 Å². The summed E-state index contributed by atoms with van der Waals surface area (Å²) in [5, 5.41) is 3.66. The summed E-state index contributed by atoms with van der Waals surface area (Å²) in [6, 6.07) is 2.60. The van der Waals surface area contributed by atoms with Crippen LogP contribution in [0, 0.1) is 26.7 Å². The Labute approximate surface area is 111 Å². The lowest BCUT2D eigenvalue weighted by Gasteiger charge is -2.26. The molecule has 1 N–H and O–H groups in total. The van der Waals surface area contributed by atoms with E-state index < -0.39 is 0 Å². The first kappa shape index (κ1) is 13.5. The zero-order valence-electron chi connectivity index (χ0n) is 12.2. The lowest BCUT2D eigenvalue weighted by atomic mass is 9.83. The Kier molecular flexibility index (Phi) is 4.39. The Morgan fingerprint density at radius 1 is 1.33 bits per heavy atom. The van der Waals surface area contributed by atoms with Crippen LogP contribution in [0.2, 0.25) is 0 Å². The number of nitrogens with zero attached hydrogens (tertiary/aromatic N) is 1. The van der Waals surface area contributed by atoms with Gasteiger partial charge in [0.25, 0.3) is 0 Å². The maximum absolute atomic E-state index is 4.59. The molecule has 0 radical (unpaired) electrons. The minimum atomic E-state index is 0.415. The molecule has 1 atom stereocenters. The van der Waals surface area contributed by atoms with Gasteiger partial charge in [-0.15, -0.1) is 0 Å². The number of hydrogen-bond donors (Lipinski definition) is 1. The highest BCUT2D eigenvalue weighted by molar-refractivity contribution is 5.33. The van der Waals surface area contributed by atoms with Crippen LogP contribution in [0.1, 0.15) is 61.2 Å². The van der Waals surface area contributed by atoms with Crippen molar-refractivity contribution in [3.63, 3.8) is 0 Å². The van der Waals surface area contributed by atoms with E-state index in [1.807, 2.05) is 0 Å². The van der Waals surface area contributed by atoms with Gasteiger partial charge in [-0.3, -0.25) is 4.98 Å². The van der Waals surface area contributed by atoms with E-state index in [4.69, 9.17) is 0 Å². The summed E-state index contributed by atoms with van der Waals surface area (Å²) in [6.07, 6.45) is 5.67. The summed E-state index contributed by atoms with van der Waals surface area (Å²) in [5.74, 6) is 0.989. The molecule has 1 aliphatic carbocycles. The van der Waals surface area contributed by atoms with Gasteiger partial charge in [0.2, 0.25) is 0 Å². The average Bonchev–Trinajstić information content (AvgIpc) is 2.20. The van der Waals surface area contributed by atoms with Gasteiger partial charge in [0.15, 0.2) is 0 Å². The smallest absolute Gasteiger partial charge is 0.0426 e. The van der Waals surface area contributed by atoms with Crippen molar-refractivity contribution >= 4 is 0 Å². The Balaban J connectivity index is 1.93. The molecule has 0 spiro atoms. The van der Waals surface area contributed by atoms with Crippen LogP contribution in [-0.4, -0.2) is 11.5 Å². The van der Waals surface area contributed by atoms with E-state index in [9.17, 15) is 0 Å². The highest BCUT2D eigenvalue weighted by Crippen LogP contribution is 2.29. The predicted octanol–water partition coefficient (Wildman–Crippen LogP) is 3.85. The molecule has 100 valence electrons. The fraction of sp³-hybridized carbons (Fsp3) is 0.688. The monoisotopic (exact) mass is 246 g/mol. The van der Waals surface area contributed by atoms with E-state index in [-0.39, 0.29) is 0 Å². The molecular weight excluding hydrogens is 220 g/mol. The average molecular weight is 246 g/mol. The second-order valence-electron chi connectivity index (χ2n) is 5.84. The van der Waals surface area contributed by atoms with Crippen LogP contribution in [0.15, 0.2) is 6.07 Å². The van der Waals surface area contributed by atoms with Crippen molar-refractivity contribution in [2.75, 3.05) is 6.54 Å². The first-order chi connectivity index (χ1) is 8.58.